The van der Waals surface area contributed by atoms with Crippen LogP contribution in [0.4, 0.5) is 0 Å². The standard InChI is InChI=1S/C20H24N2O5/c1-3-4-10-17-18(13-16-8-6-5-7-9-16)22(20(25)21-19(17)24)14-26-11-12-27-15(2)23/h3-9H,10-14H2,1-2H3,(H,21,24,25)/b4-3+. The van der Waals surface area contributed by atoms with E-state index in [1.807, 2.05) is 49.4 Å². The third-order valence-corrected chi connectivity index (χ3v) is 3.94. The molecule has 1 heterocycles. The Hall–Kier alpha value is -2.93. The van der Waals surface area contributed by atoms with E-state index in [9.17, 15) is 14.4 Å². The van der Waals surface area contributed by atoms with Gasteiger partial charge in [0.25, 0.3) is 5.56 Å². The van der Waals surface area contributed by atoms with Gasteiger partial charge in [0.05, 0.1) is 6.61 Å². The molecule has 2 rings (SSSR count). The number of nitrogens with one attached hydrogen (secondary N) is 1. The van der Waals surface area contributed by atoms with Crippen molar-refractivity contribution in [3.8, 4) is 0 Å². The molecule has 0 spiro atoms. The van der Waals surface area contributed by atoms with E-state index in [0.717, 1.165) is 5.56 Å². The van der Waals surface area contributed by atoms with Crippen LogP contribution in [0.1, 0.15) is 30.7 Å². The molecule has 2 aromatic rings. The van der Waals surface area contributed by atoms with E-state index < -0.39 is 11.7 Å². The van der Waals surface area contributed by atoms with Gasteiger partial charge in [0.2, 0.25) is 0 Å². The molecule has 0 atom stereocenters. The molecule has 0 saturated carbocycles. The highest BCUT2D eigenvalue weighted by molar-refractivity contribution is 5.65. The van der Waals surface area contributed by atoms with E-state index in [2.05, 4.69) is 4.98 Å². The molecule has 0 fully saturated rings. The summed E-state index contributed by atoms with van der Waals surface area (Å²) in [6, 6.07) is 9.61. The largest absolute Gasteiger partial charge is 0.463 e. The topological polar surface area (TPSA) is 90.4 Å². The number of aromatic amines is 1. The summed E-state index contributed by atoms with van der Waals surface area (Å²) in [4.78, 5) is 37.9. The highest BCUT2D eigenvalue weighted by Crippen LogP contribution is 2.12. The zero-order valence-electron chi connectivity index (χ0n) is 15.6. The molecular weight excluding hydrogens is 348 g/mol. The fraction of sp³-hybridized carbons (Fsp3) is 0.350. The number of aromatic nitrogens is 2. The van der Waals surface area contributed by atoms with Crippen LogP contribution >= 0.6 is 0 Å². The summed E-state index contributed by atoms with van der Waals surface area (Å²) in [6.45, 7) is 3.41. The van der Waals surface area contributed by atoms with Crippen LogP contribution in [-0.4, -0.2) is 28.7 Å². The van der Waals surface area contributed by atoms with Crippen LogP contribution < -0.4 is 11.2 Å². The molecule has 27 heavy (non-hydrogen) atoms. The number of ether oxygens (including phenoxy) is 2. The second kappa shape index (κ2) is 10.3. The first kappa shape index (κ1) is 20.4. The Bertz CT molecular complexity index is 897. The van der Waals surface area contributed by atoms with Crippen molar-refractivity contribution in [2.75, 3.05) is 13.2 Å². The average molecular weight is 372 g/mol. The molecule has 144 valence electrons. The number of H-pyrrole nitrogens is 1. The van der Waals surface area contributed by atoms with Gasteiger partial charge in [-0.05, 0) is 18.9 Å². The second-order valence-corrected chi connectivity index (χ2v) is 5.93. The lowest BCUT2D eigenvalue weighted by atomic mass is 10.0. The molecule has 0 amide bonds. The first-order valence-electron chi connectivity index (χ1n) is 8.74. The molecule has 0 saturated heterocycles. The van der Waals surface area contributed by atoms with Gasteiger partial charge >= 0.3 is 11.7 Å². The second-order valence-electron chi connectivity index (χ2n) is 5.93. The van der Waals surface area contributed by atoms with E-state index in [4.69, 9.17) is 9.47 Å². The molecule has 0 unspecified atom stereocenters. The highest BCUT2D eigenvalue weighted by Gasteiger charge is 2.15. The zero-order valence-corrected chi connectivity index (χ0v) is 15.6. The molecule has 7 heteroatoms. The lowest BCUT2D eigenvalue weighted by Crippen LogP contribution is -2.36. The fourth-order valence-electron chi connectivity index (χ4n) is 2.63. The van der Waals surface area contributed by atoms with Crippen molar-refractivity contribution < 1.29 is 14.3 Å². The van der Waals surface area contributed by atoms with E-state index in [1.54, 1.807) is 0 Å². The molecule has 0 radical (unpaired) electrons. The van der Waals surface area contributed by atoms with Gasteiger partial charge in [-0.1, -0.05) is 42.5 Å². The molecular formula is C20H24N2O5. The first-order chi connectivity index (χ1) is 13.0. The Morgan fingerprint density at radius 3 is 2.59 bits per heavy atom. The van der Waals surface area contributed by atoms with Gasteiger partial charge in [0.1, 0.15) is 13.3 Å². The van der Waals surface area contributed by atoms with Gasteiger partial charge in [0, 0.05) is 24.6 Å². The Labute approximate surface area is 157 Å². The minimum absolute atomic E-state index is 0.0398. The van der Waals surface area contributed by atoms with E-state index in [0.29, 0.717) is 24.1 Å². The summed E-state index contributed by atoms with van der Waals surface area (Å²) in [5.74, 6) is -0.391. The van der Waals surface area contributed by atoms with Crippen molar-refractivity contribution in [3.05, 3.63) is 80.1 Å². The number of hydrogen-bond donors (Lipinski definition) is 1. The van der Waals surface area contributed by atoms with Crippen molar-refractivity contribution in [2.45, 2.75) is 33.4 Å². The highest BCUT2D eigenvalue weighted by atomic mass is 16.6. The van der Waals surface area contributed by atoms with Crippen LogP contribution in [0, 0.1) is 0 Å². The molecule has 0 aliphatic carbocycles. The van der Waals surface area contributed by atoms with Crippen LogP contribution in [-0.2, 0) is 33.8 Å². The van der Waals surface area contributed by atoms with Crippen LogP contribution in [0.15, 0.2) is 52.1 Å². The quantitative estimate of drug-likeness (QED) is 0.412. The number of carbonyl (C=O) groups is 1. The van der Waals surface area contributed by atoms with Gasteiger partial charge in [-0.2, -0.15) is 0 Å². The Balaban J connectivity index is 2.33. The third-order valence-electron chi connectivity index (χ3n) is 3.94. The smallest absolute Gasteiger partial charge is 0.330 e. The van der Waals surface area contributed by atoms with Crippen molar-refractivity contribution >= 4 is 5.97 Å². The number of esters is 1. The molecule has 0 bridgehead atoms. The monoisotopic (exact) mass is 372 g/mol. The maximum Gasteiger partial charge on any atom is 0.330 e. The predicted octanol–water partition coefficient (Wildman–Crippen LogP) is 1.78. The Kier molecular flexibility index (Phi) is 7.76. The molecule has 0 aliphatic rings. The summed E-state index contributed by atoms with van der Waals surface area (Å²) in [7, 11) is 0. The summed E-state index contributed by atoms with van der Waals surface area (Å²) >= 11 is 0. The lowest BCUT2D eigenvalue weighted by Gasteiger charge is -2.16. The van der Waals surface area contributed by atoms with Crippen molar-refractivity contribution in [3.63, 3.8) is 0 Å². The van der Waals surface area contributed by atoms with E-state index >= 15 is 0 Å². The van der Waals surface area contributed by atoms with E-state index in [1.165, 1.54) is 11.5 Å². The summed E-state index contributed by atoms with van der Waals surface area (Å²) < 4.78 is 11.7. The molecule has 0 aliphatic heterocycles. The van der Waals surface area contributed by atoms with Crippen molar-refractivity contribution in [1.82, 2.24) is 9.55 Å². The molecule has 1 aromatic heterocycles. The lowest BCUT2D eigenvalue weighted by molar-refractivity contribution is -0.142. The first-order valence-corrected chi connectivity index (χ1v) is 8.74. The number of allylic oxidation sites excluding steroid dienone is 2. The molecule has 1 aromatic carbocycles. The molecule has 7 nitrogen and oxygen atoms in total. The maximum atomic E-state index is 12.4. The number of carbonyl (C=O) groups excluding carboxylic acids is 1. The Morgan fingerprint density at radius 2 is 1.93 bits per heavy atom. The summed E-state index contributed by atoms with van der Waals surface area (Å²) in [5, 5.41) is 0. The number of nitrogens with zero attached hydrogens (tertiary/aromatic N) is 1. The summed E-state index contributed by atoms with van der Waals surface area (Å²) in [6.07, 6.45) is 4.58. The van der Waals surface area contributed by atoms with Gasteiger partial charge in [-0.15, -0.1) is 0 Å². The van der Waals surface area contributed by atoms with Gasteiger partial charge in [0.15, 0.2) is 0 Å². The van der Waals surface area contributed by atoms with Gasteiger partial charge in [-0.25, -0.2) is 4.79 Å². The minimum atomic E-state index is -0.525. The van der Waals surface area contributed by atoms with Crippen molar-refractivity contribution in [2.24, 2.45) is 0 Å². The average Bonchev–Trinajstić information content (AvgIpc) is 2.64. The zero-order chi connectivity index (χ0) is 19.6. The normalized spacial score (nSPS) is 11.0. The fourth-order valence-corrected chi connectivity index (χ4v) is 2.63. The molecule has 1 N–H and O–H groups in total. The number of rotatable bonds is 9. The predicted molar refractivity (Wildman–Crippen MR) is 102 cm³/mol. The van der Waals surface area contributed by atoms with Crippen LogP contribution in [0.25, 0.3) is 0 Å². The SMILES string of the molecule is C/C=C/Cc1c(Cc2ccccc2)n(COCCOC(C)=O)c(=O)[nH]c1=O. The number of hydrogen-bond acceptors (Lipinski definition) is 5. The third kappa shape index (κ3) is 6.07. The van der Waals surface area contributed by atoms with Gasteiger partial charge in [-0.3, -0.25) is 19.1 Å². The van der Waals surface area contributed by atoms with Crippen molar-refractivity contribution in [1.29, 1.82) is 0 Å². The minimum Gasteiger partial charge on any atom is -0.463 e. The summed E-state index contributed by atoms with van der Waals surface area (Å²) in [5.41, 5.74) is 1.21. The Morgan fingerprint density at radius 1 is 1.19 bits per heavy atom. The van der Waals surface area contributed by atoms with Crippen LogP contribution in [0.3, 0.4) is 0 Å². The maximum absolute atomic E-state index is 12.4. The number of benzene rings is 1. The van der Waals surface area contributed by atoms with Crippen LogP contribution in [0.2, 0.25) is 0 Å². The van der Waals surface area contributed by atoms with Crippen LogP contribution in [0.5, 0.6) is 0 Å². The van der Waals surface area contributed by atoms with E-state index in [-0.39, 0.29) is 25.5 Å². The van der Waals surface area contributed by atoms with Gasteiger partial charge < -0.3 is 9.47 Å².